The average molecular weight is 302 g/mol. The summed E-state index contributed by atoms with van der Waals surface area (Å²) in [6.07, 6.45) is 0.984. The molecule has 0 radical (unpaired) electrons. The van der Waals surface area contributed by atoms with Gasteiger partial charge in [-0.05, 0) is 57.6 Å². The Morgan fingerprint density at radius 1 is 1.19 bits per heavy atom. The monoisotopic (exact) mass is 302 g/mol. The maximum absolute atomic E-state index is 5.28. The van der Waals surface area contributed by atoms with Crippen LogP contribution in [0.15, 0.2) is 30.3 Å². The maximum atomic E-state index is 5.28. The topological polar surface area (TPSA) is 41.9 Å². The lowest BCUT2D eigenvalue weighted by molar-refractivity contribution is 0.558. The normalized spacial score (nSPS) is 10.4. The lowest BCUT2D eigenvalue weighted by Crippen LogP contribution is -2.29. The molecule has 21 heavy (non-hydrogen) atoms. The molecule has 0 amide bonds. The molecule has 1 aromatic heterocycles. The minimum atomic E-state index is 0.659. The van der Waals surface area contributed by atoms with Crippen molar-refractivity contribution in [3.63, 3.8) is 0 Å². The predicted molar refractivity (Wildman–Crippen MR) is 91.7 cm³/mol. The van der Waals surface area contributed by atoms with E-state index in [0.717, 1.165) is 30.9 Å². The van der Waals surface area contributed by atoms with Gasteiger partial charge in [-0.1, -0.05) is 17.7 Å². The van der Waals surface area contributed by atoms with Crippen LogP contribution in [0, 0.1) is 20.8 Å². The Kier molecular flexibility index (Phi) is 5.33. The summed E-state index contributed by atoms with van der Waals surface area (Å²) in [4.78, 5) is 0. The van der Waals surface area contributed by atoms with Crippen molar-refractivity contribution in [3.05, 3.63) is 47.3 Å². The zero-order valence-electron chi connectivity index (χ0n) is 12.8. The molecule has 2 aromatic rings. The molecule has 0 aliphatic heterocycles. The molecule has 1 heterocycles. The summed E-state index contributed by atoms with van der Waals surface area (Å²) in [5.74, 6) is 0. The van der Waals surface area contributed by atoms with Gasteiger partial charge >= 0.3 is 0 Å². The standard InChI is InChI=1S/C16H22N4S/c1-12-5-7-15(8-6-12)18-16(21)17-9-4-10-20-14(3)11-13(2)19-20/h5-8,11H,4,9-10H2,1-3H3,(H2,17,18,21). The van der Waals surface area contributed by atoms with Gasteiger partial charge in [-0.15, -0.1) is 0 Å². The molecule has 5 heteroatoms. The van der Waals surface area contributed by atoms with E-state index in [0.29, 0.717) is 5.11 Å². The maximum Gasteiger partial charge on any atom is 0.170 e. The number of hydrogen-bond acceptors (Lipinski definition) is 2. The summed E-state index contributed by atoms with van der Waals surface area (Å²) < 4.78 is 2.04. The third kappa shape index (κ3) is 4.86. The van der Waals surface area contributed by atoms with Crippen LogP contribution in [-0.2, 0) is 6.54 Å². The second-order valence-corrected chi connectivity index (χ2v) is 5.66. The fourth-order valence-electron chi connectivity index (χ4n) is 2.14. The Morgan fingerprint density at radius 2 is 1.90 bits per heavy atom. The van der Waals surface area contributed by atoms with Crippen LogP contribution in [0.2, 0.25) is 0 Å². The van der Waals surface area contributed by atoms with E-state index in [-0.39, 0.29) is 0 Å². The quantitative estimate of drug-likeness (QED) is 0.657. The van der Waals surface area contributed by atoms with Crippen LogP contribution in [0.25, 0.3) is 0 Å². The molecule has 112 valence electrons. The number of thiocarbonyl (C=S) groups is 1. The van der Waals surface area contributed by atoms with E-state index >= 15 is 0 Å². The van der Waals surface area contributed by atoms with E-state index in [1.54, 1.807) is 0 Å². The molecular weight excluding hydrogens is 280 g/mol. The first-order chi connectivity index (χ1) is 10.0. The van der Waals surface area contributed by atoms with E-state index in [1.807, 2.05) is 23.7 Å². The van der Waals surface area contributed by atoms with E-state index in [9.17, 15) is 0 Å². The van der Waals surface area contributed by atoms with Crippen LogP contribution in [0.1, 0.15) is 23.4 Å². The summed E-state index contributed by atoms with van der Waals surface area (Å²) in [5.41, 5.74) is 4.52. The number of nitrogens with one attached hydrogen (secondary N) is 2. The van der Waals surface area contributed by atoms with Crippen molar-refractivity contribution in [1.82, 2.24) is 15.1 Å². The molecule has 0 aliphatic carbocycles. The Labute approximate surface area is 131 Å². The molecule has 4 nitrogen and oxygen atoms in total. The van der Waals surface area contributed by atoms with Gasteiger partial charge in [-0.2, -0.15) is 5.10 Å². The van der Waals surface area contributed by atoms with Crippen LogP contribution in [0.4, 0.5) is 5.69 Å². The van der Waals surface area contributed by atoms with E-state index in [2.05, 4.69) is 47.8 Å². The van der Waals surface area contributed by atoms with Crippen LogP contribution >= 0.6 is 12.2 Å². The molecule has 2 rings (SSSR count). The first kappa shape index (κ1) is 15.5. The molecule has 0 fully saturated rings. The van der Waals surface area contributed by atoms with Crippen molar-refractivity contribution >= 4 is 23.0 Å². The minimum absolute atomic E-state index is 0.659. The van der Waals surface area contributed by atoms with Crippen molar-refractivity contribution in [1.29, 1.82) is 0 Å². The van der Waals surface area contributed by atoms with E-state index in [4.69, 9.17) is 12.2 Å². The number of hydrogen-bond donors (Lipinski definition) is 2. The molecule has 0 bridgehead atoms. The summed E-state index contributed by atoms with van der Waals surface area (Å²) in [6.45, 7) is 7.90. The highest BCUT2D eigenvalue weighted by Crippen LogP contribution is 2.08. The molecule has 0 saturated heterocycles. The highest BCUT2D eigenvalue weighted by molar-refractivity contribution is 7.80. The summed E-state index contributed by atoms with van der Waals surface area (Å²) in [5, 5.41) is 11.5. The first-order valence-corrected chi connectivity index (χ1v) is 7.58. The smallest absolute Gasteiger partial charge is 0.170 e. The molecule has 1 aromatic carbocycles. The zero-order valence-corrected chi connectivity index (χ0v) is 13.6. The minimum Gasteiger partial charge on any atom is -0.362 e. The molecule has 0 unspecified atom stereocenters. The van der Waals surface area contributed by atoms with Gasteiger partial charge in [0.1, 0.15) is 0 Å². The Balaban J connectivity index is 1.70. The summed E-state index contributed by atoms with van der Waals surface area (Å²) in [6, 6.07) is 10.3. The van der Waals surface area contributed by atoms with Crippen LogP contribution in [0.3, 0.4) is 0 Å². The average Bonchev–Trinajstić information content (AvgIpc) is 2.76. The lowest BCUT2D eigenvalue weighted by Gasteiger charge is -2.11. The Bertz CT molecular complexity index is 601. The number of benzene rings is 1. The first-order valence-electron chi connectivity index (χ1n) is 7.17. The molecular formula is C16H22N4S. The van der Waals surface area contributed by atoms with Crippen LogP contribution < -0.4 is 10.6 Å². The fraction of sp³-hybridized carbons (Fsp3) is 0.375. The van der Waals surface area contributed by atoms with Crippen molar-refractivity contribution in [2.24, 2.45) is 0 Å². The van der Waals surface area contributed by atoms with Gasteiger partial charge in [0.25, 0.3) is 0 Å². The molecule has 0 spiro atoms. The van der Waals surface area contributed by atoms with Crippen LogP contribution in [0.5, 0.6) is 0 Å². The van der Waals surface area contributed by atoms with Crippen molar-refractivity contribution in [3.8, 4) is 0 Å². The number of anilines is 1. The summed E-state index contributed by atoms with van der Waals surface area (Å²) >= 11 is 5.28. The van der Waals surface area contributed by atoms with Gasteiger partial charge < -0.3 is 10.6 Å². The third-order valence-corrected chi connectivity index (χ3v) is 3.49. The van der Waals surface area contributed by atoms with Gasteiger partial charge in [-0.3, -0.25) is 4.68 Å². The number of rotatable bonds is 5. The zero-order chi connectivity index (χ0) is 15.2. The Morgan fingerprint density at radius 3 is 2.52 bits per heavy atom. The third-order valence-electron chi connectivity index (χ3n) is 3.25. The Hall–Kier alpha value is -1.88. The predicted octanol–water partition coefficient (Wildman–Crippen LogP) is 3.19. The number of aryl methyl sites for hydroxylation is 4. The SMILES string of the molecule is Cc1ccc(NC(=S)NCCCn2nc(C)cc2C)cc1. The van der Waals surface area contributed by atoms with Gasteiger partial charge in [-0.25, -0.2) is 0 Å². The highest BCUT2D eigenvalue weighted by Gasteiger charge is 2.01. The van der Waals surface area contributed by atoms with Gasteiger partial charge in [0.15, 0.2) is 5.11 Å². The van der Waals surface area contributed by atoms with Gasteiger partial charge in [0.05, 0.1) is 5.69 Å². The van der Waals surface area contributed by atoms with Gasteiger partial charge in [0.2, 0.25) is 0 Å². The van der Waals surface area contributed by atoms with E-state index < -0.39 is 0 Å². The largest absolute Gasteiger partial charge is 0.362 e. The lowest BCUT2D eigenvalue weighted by atomic mass is 10.2. The summed E-state index contributed by atoms with van der Waals surface area (Å²) in [7, 11) is 0. The van der Waals surface area contributed by atoms with Gasteiger partial charge in [0, 0.05) is 24.5 Å². The van der Waals surface area contributed by atoms with Crippen molar-refractivity contribution in [2.45, 2.75) is 33.7 Å². The van der Waals surface area contributed by atoms with Crippen molar-refractivity contribution < 1.29 is 0 Å². The number of aromatic nitrogens is 2. The molecule has 0 atom stereocenters. The second kappa shape index (κ2) is 7.22. The van der Waals surface area contributed by atoms with E-state index in [1.165, 1.54) is 11.3 Å². The van der Waals surface area contributed by atoms with Crippen LogP contribution in [-0.4, -0.2) is 21.4 Å². The second-order valence-electron chi connectivity index (χ2n) is 5.25. The highest BCUT2D eigenvalue weighted by atomic mass is 32.1. The van der Waals surface area contributed by atoms with Crippen molar-refractivity contribution in [2.75, 3.05) is 11.9 Å². The fourth-order valence-corrected chi connectivity index (χ4v) is 2.36. The molecule has 0 saturated carbocycles. The number of nitrogens with zero attached hydrogens (tertiary/aromatic N) is 2. The molecule has 2 N–H and O–H groups in total. The molecule has 0 aliphatic rings.